The molecule has 7 rings (SSSR count). The summed E-state index contributed by atoms with van der Waals surface area (Å²) < 4.78 is 14.9. The first-order chi connectivity index (χ1) is 21.6. The Morgan fingerprint density at radius 2 is 1.96 bits per heavy atom. The maximum absolute atomic E-state index is 14.0. The predicted octanol–water partition coefficient (Wildman–Crippen LogP) is 2.75. The third kappa shape index (κ3) is 4.24. The van der Waals surface area contributed by atoms with Crippen LogP contribution in [-0.4, -0.2) is 60.0 Å². The number of aryl methyl sites for hydroxylation is 1. The van der Waals surface area contributed by atoms with Crippen LogP contribution in [0.4, 0.5) is 5.69 Å². The molecule has 3 aliphatic heterocycles. The second-order valence-electron chi connectivity index (χ2n) is 12.4. The lowest BCUT2D eigenvalue weighted by molar-refractivity contribution is -0.143. The number of benzene rings is 2. The molecule has 234 valence electrons. The van der Waals surface area contributed by atoms with Crippen molar-refractivity contribution in [2.75, 3.05) is 5.32 Å². The molecule has 2 amide bonds. The summed E-state index contributed by atoms with van der Waals surface area (Å²) in [4.78, 5) is 32.3. The molecule has 0 saturated heterocycles. The fourth-order valence-corrected chi connectivity index (χ4v) is 6.75. The van der Waals surface area contributed by atoms with Gasteiger partial charge in [0.05, 0.1) is 0 Å². The van der Waals surface area contributed by atoms with E-state index in [0.29, 0.717) is 23.0 Å². The number of hydrogen-bond donors (Lipinski definition) is 4. The highest BCUT2D eigenvalue weighted by Gasteiger charge is 2.61. The third-order valence-corrected chi connectivity index (χ3v) is 9.46. The molecule has 45 heavy (non-hydrogen) atoms. The molecule has 4 bridgehead atoms. The molecule has 0 aliphatic carbocycles. The van der Waals surface area contributed by atoms with Crippen LogP contribution in [0.1, 0.15) is 74.9 Å². The van der Waals surface area contributed by atoms with Crippen molar-refractivity contribution in [3.05, 3.63) is 70.8 Å². The topological polar surface area (TPSA) is 169 Å². The summed E-state index contributed by atoms with van der Waals surface area (Å²) in [5.74, 6) is 0.660. The Hall–Kier alpha value is -4.78. The highest BCUT2D eigenvalue weighted by Crippen LogP contribution is 2.59. The number of nitrogens with one attached hydrogen (secondary N) is 3. The van der Waals surface area contributed by atoms with Crippen molar-refractivity contribution in [1.29, 1.82) is 0 Å². The molecule has 2 aromatic heterocycles. The normalized spacial score (nSPS) is 23.3. The molecule has 3 aliphatic rings. The van der Waals surface area contributed by atoms with Gasteiger partial charge in [0.25, 0.3) is 5.91 Å². The number of fused-ring (bicyclic) bond motifs is 4. The Morgan fingerprint density at radius 3 is 2.67 bits per heavy atom. The number of amides is 2. The summed E-state index contributed by atoms with van der Waals surface area (Å²) in [5, 5.41) is 32.7. The number of para-hydroxylation sites is 1. The van der Waals surface area contributed by atoms with Crippen molar-refractivity contribution in [2.45, 2.75) is 76.3 Å². The summed E-state index contributed by atoms with van der Waals surface area (Å²) in [5.41, 5.74) is 1.30. The van der Waals surface area contributed by atoms with E-state index in [9.17, 15) is 14.7 Å². The number of aromatic nitrogens is 5. The number of aliphatic hydroxyl groups is 1. The molecule has 4 aromatic rings. The summed E-state index contributed by atoms with van der Waals surface area (Å²) in [7, 11) is 1.73. The SMILES string of the molecule is CCC(O)(CC)C(=O)NC1Cc2ccc3c(c2)C2(c4ccccc4NC2O3)c2oc(nc2-c2nnnn2C)[C@H](C(C)C)NC1=O. The molecule has 13 heteroatoms. The quantitative estimate of drug-likeness (QED) is 0.254. The number of oxazole rings is 1. The molecular weight excluding hydrogens is 576 g/mol. The zero-order valence-corrected chi connectivity index (χ0v) is 25.8. The minimum atomic E-state index is -1.60. The molecule has 3 unspecified atom stereocenters. The Kier molecular flexibility index (Phi) is 6.69. The largest absolute Gasteiger partial charge is 0.469 e. The molecule has 13 nitrogen and oxygen atoms in total. The molecule has 0 radical (unpaired) electrons. The van der Waals surface area contributed by atoms with Gasteiger partial charge in [-0.1, -0.05) is 58.0 Å². The van der Waals surface area contributed by atoms with Gasteiger partial charge in [0.1, 0.15) is 28.8 Å². The molecule has 4 atom stereocenters. The highest BCUT2D eigenvalue weighted by molar-refractivity contribution is 5.91. The van der Waals surface area contributed by atoms with E-state index in [0.717, 1.165) is 22.4 Å². The van der Waals surface area contributed by atoms with E-state index in [1.54, 1.807) is 20.9 Å². The molecular formula is C32H36N8O5. The summed E-state index contributed by atoms with van der Waals surface area (Å²) >= 11 is 0. The second kappa shape index (κ2) is 10.4. The van der Waals surface area contributed by atoms with Gasteiger partial charge in [-0.15, -0.1) is 5.10 Å². The van der Waals surface area contributed by atoms with E-state index in [1.165, 1.54) is 4.68 Å². The predicted molar refractivity (Wildman–Crippen MR) is 162 cm³/mol. The number of anilines is 1. The van der Waals surface area contributed by atoms with Crippen molar-refractivity contribution < 1.29 is 23.8 Å². The first-order valence-corrected chi connectivity index (χ1v) is 15.3. The third-order valence-electron chi connectivity index (χ3n) is 9.46. The van der Waals surface area contributed by atoms with E-state index in [4.69, 9.17) is 14.1 Å². The number of hydrogen-bond acceptors (Lipinski definition) is 10. The van der Waals surface area contributed by atoms with E-state index < -0.39 is 41.1 Å². The Labute approximate surface area is 259 Å². The van der Waals surface area contributed by atoms with Gasteiger partial charge in [-0.3, -0.25) is 9.59 Å². The van der Waals surface area contributed by atoms with E-state index in [-0.39, 0.29) is 31.1 Å². The van der Waals surface area contributed by atoms with Gasteiger partial charge in [0.2, 0.25) is 17.6 Å². The van der Waals surface area contributed by atoms with Crippen LogP contribution in [-0.2, 0) is 28.5 Å². The fraction of sp³-hybridized carbons (Fsp3) is 0.438. The molecule has 5 heterocycles. The maximum atomic E-state index is 14.0. The minimum absolute atomic E-state index is 0.149. The van der Waals surface area contributed by atoms with Crippen LogP contribution in [0.3, 0.4) is 0 Å². The van der Waals surface area contributed by atoms with Crippen LogP contribution in [0.2, 0.25) is 0 Å². The number of nitrogens with zero attached hydrogens (tertiary/aromatic N) is 5. The molecule has 1 spiro atoms. The van der Waals surface area contributed by atoms with Crippen molar-refractivity contribution >= 4 is 17.5 Å². The molecule has 0 saturated carbocycles. The molecule has 0 fully saturated rings. The lowest BCUT2D eigenvalue weighted by Gasteiger charge is -2.30. The Morgan fingerprint density at radius 1 is 1.18 bits per heavy atom. The number of rotatable bonds is 6. The lowest BCUT2D eigenvalue weighted by Crippen LogP contribution is -2.55. The lowest BCUT2D eigenvalue weighted by atomic mass is 9.72. The number of carbonyl (C=O) groups excluding carboxylic acids is 2. The van der Waals surface area contributed by atoms with Gasteiger partial charge in [0, 0.05) is 24.7 Å². The second-order valence-corrected chi connectivity index (χ2v) is 12.4. The standard InChI is InChI=1S/C32H36N8O5/c1-6-31(43,7-2)29(42)33-21-15-17-12-13-22-19(14-17)32(18-10-8-9-11-20(18)34-30(32)44-22)25-24(26-37-38-39-40(26)5)36-28(45-25)23(16(3)4)35-27(21)41/h8-14,16,21,23,30,34,43H,6-7,15H2,1-5H3,(H,33,42)(H,35,41)/t21?,23-,30?,32?/m0/s1. The monoisotopic (exact) mass is 612 g/mol. The van der Waals surface area contributed by atoms with Crippen LogP contribution < -0.4 is 20.7 Å². The molecule has 4 N–H and O–H groups in total. The van der Waals surface area contributed by atoms with Crippen molar-refractivity contribution in [3.8, 4) is 17.3 Å². The van der Waals surface area contributed by atoms with Crippen molar-refractivity contribution in [1.82, 2.24) is 35.8 Å². The van der Waals surface area contributed by atoms with Crippen LogP contribution in [0, 0.1) is 5.92 Å². The number of carbonyl (C=O) groups is 2. The first kappa shape index (κ1) is 29.0. The average Bonchev–Trinajstić information content (AvgIpc) is 3.79. The first-order valence-electron chi connectivity index (χ1n) is 15.3. The number of ether oxygens (including phenoxy) is 1. The van der Waals surface area contributed by atoms with E-state index in [2.05, 4.69) is 31.5 Å². The maximum Gasteiger partial charge on any atom is 0.252 e. The van der Waals surface area contributed by atoms with Crippen molar-refractivity contribution in [3.63, 3.8) is 0 Å². The van der Waals surface area contributed by atoms with Crippen LogP contribution in [0.15, 0.2) is 46.9 Å². The van der Waals surface area contributed by atoms with Gasteiger partial charge in [0.15, 0.2) is 17.7 Å². The van der Waals surface area contributed by atoms with E-state index >= 15 is 0 Å². The van der Waals surface area contributed by atoms with Crippen LogP contribution in [0.25, 0.3) is 11.5 Å². The van der Waals surface area contributed by atoms with Crippen molar-refractivity contribution in [2.24, 2.45) is 13.0 Å². The van der Waals surface area contributed by atoms with Gasteiger partial charge in [-0.2, -0.15) is 0 Å². The summed E-state index contributed by atoms with van der Waals surface area (Å²) in [6, 6.07) is 12.1. The molecule has 2 aromatic carbocycles. The zero-order valence-electron chi connectivity index (χ0n) is 25.8. The minimum Gasteiger partial charge on any atom is -0.469 e. The highest BCUT2D eigenvalue weighted by atomic mass is 16.5. The Bertz CT molecular complexity index is 1810. The fourth-order valence-electron chi connectivity index (χ4n) is 6.75. The zero-order chi connectivity index (χ0) is 31.7. The number of tetrazole rings is 1. The smallest absolute Gasteiger partial charge is 0.252 e. The summed E-state index contributed by atoms with van der Waals surface area (Å²) in [6.07, 6.45) is 0.0321. The van der Waals surface area contributed by atoms with E-state index in [1.807, 2.05) is 56.3 Å². The Balaban J connectivity index is 1.48. The van der Waals surface area contributed by atoms with Crippen LogP contribution >= 0.6 is 0 Å². The van der Waals surface area contributed by atoms with Gasteiger partial charge < -0.3 is 30.2 Å². The summed E-state index contributed by atoms with van der Waals surface area (Å²) in [6.45, 7) is 7.40. The van der Waals surface area contributed by atoms with Gasteiger partial charge in [-0.05, 0) is 52.4 Å². The van der Waals surface area contributed by atoms with Gasteiger partial charge >= 0.3 is 0 Å². The average molecular weight is 613 g/mol. The van der Waals surface area contributed by atoms with Crippen LogP contribution in [0.5, 0.6) is 5.75 Å². The van der Waals surface area contributed by atoms with Gasteiger partial charge in [-0.25, -0.2) is 9.67 Å².